The molecule has 0 aliphatic heterocycles. The Morgan fingerprint density at radius 1 is 1.04 bits per heavy atom. The van der Waals surface area contributed by atoms with Crippen LogP contribution in [-0.2, 0) is 17.6 Å². The lowest BCUT2D eigenvalue weighted by molar-refractivity contribution is -0.311. The molecule has 2 rings (SSSR count). The fourth-order valence-electron chi connectivity index (χ4n) is 2.45. The summed E-state index contributed by atoms with van der Waals surface area (Å²) in [5.41, 5.74) is 2.11. The standard InChI is InChI=1S/C19H21ClO3/c20-12-13-23-18-10-7-16(8-11-18)14-17(19(21)22)9-6-15-4-2-1-3-5-15/h1-5,7-8,10-11,17H,6,9,12-14H2,(H,21,22)/p-1. The Morgan fingerprint density at radius 2 is 1.74 bits per heavy atom. The Bertz CT molecular complexity index is 596. The van der Waals surface area contributed by atoms with Gasteiger partial charge < -0.3 is 14.6 Å². The van der Waals surface area contributed by atoms with Gasteiger partial charge in [-0.1, -0.05) is 42.5 Å². The molecule has 0 radical (unpaired) electrons. The minimum Gasteiger partial charge on any atom is -0.550 e. The van der Waals surface area contributed by atoms with Gasteiger partial charge in [-0.25, -0.2) is 0 Å². The van der Waals surface area contributed by atoms with Crippen LogP contribution in [0.2, 0.25) is 0 Å². The molecule has 0 heterocycles. The summed E-state index contributed by atoms with van der Waals surface area (Å²) in [6.07, 6.45) is 1.76. The largest absolute Gasteiger partial charge is 0.550 e. The van der Waals surface area contributed by atoms with Gasteiger partial charge in [-0.05, 0) is 42.5 Å². The number of ether oxygens (including phenoxy) is 1. The number of carbonyl (C=O) groups is 1. The van der Waals surface area contributed by atoms with Gasteiger partial charge in [0.1, 0.15) is 12.4 Å². The highest BCUT2D eigenvalue weighted by molar-refractivity contribution is 6.18. The van der Waals surface area contributed by atoms with Crippen molar-refractivity contribution in [3.63, 3.8) is 0 Å². The van der Waals surface area contributed by atoms with Crippen molar-refractivity contribution >= 4 is 17.6 Å². The van der Waals surface area contributed by atoms with Crippen molar-refractivity contribution in [2.75, 3.05) is 12.5 Å². The summed E-state index contributed by atoms with van der Waals surface area (Å²) in [7, 11) is 0. The second kappa shape index (κ2) is 9.21. The van der Waals surface area contributed by atoms with E-state index in [1.54, 1.807) is 0 Å². The molecule has 4 heteroatoms. The number of halogens is 1. The van der Waals surface area contributed by atoms with Crippen molar-refractivity contribution < 1.29 is 14.6 Å². The van der Waals surface area contributed by atoms with Gasteiger partial charge in [0.15, 0.2) is 0 Å². The third kappa shape index (κ3) is 5.95. The Balaban J connectivity index is 1.92. The molecule has 0 spiro atoms. The van der Waals surface area contributed by atoms with Crippen LogP contribution < -0.4 is 9.84 Å². The molecule has 0 amide bonds. The fourth-order valence-corrected chi connectivity index (χ4v) is 2.53. The fraction of sp³-hybridized carbons (Fsp3) is 0.316. The topological polar surface area (TPSA) is 49.4 Å². The van der Waals surface area contributed by atoms with E-state index < -0.39 is 11.9 Å². The van der Waals surface area contributed by atoms with Gasteiger partial charge in [-0.15, -0.1) is 11.6 Å². The van der Waals surface area contributed by atoms with Crippen LogP contribution in [0.1, 0.15) is 17.5 Å². The Kier molecular flexibility index (Phi) is 6.95. The van der Waals surface area contributed by atoms with E-state index in [0.29, 0.717) is 25.3 Å². The minimum absolute atomic E-state index is 0.438. The van der Waals surface area contributed by atoms with Crippen LogP contribution in [0, 0.1) is 5.92 Å². The Hall–Kier alpha value is -2.00. The average Bonchev–Trinajstić information content (AvgIpc) is 2.58. The first kappa shape index (κ1) is 17.4. The van der Waals surface area contributed by atoms with Gasteiger partial charge in [0, 0.05) is 11.9 Å². The van der Waals surface area contributed by atoms with Crippen LogP contribution in [-0.4, -0.2) is 18.5 Å². The van der Waals surface area contributed by atoms with Gasteiger partial charge in [0.05, 0.1) is 5.88 Å². The first-order valence-electron chi connectivity index (χ1n) is 7.71. The molecular formula is C19H20ClO3-. The van der Waals surface area contributed by atoms with Crippen LogP contribution in [0.15, 0.2) is 54.6 Å². The summed E-state index contributed by atoms with van der Waals surface area (Å²) in [5, 5.41) is 11.4. The summed E-state index contributed by atoms with van der Waals surface area (Å²) >= 11 is 5.57. The molecule has 0 aromatic heterocycles. The van der Waals surface area contributed by atoms with Gasteiger partial charge in [-0.3, -0.25) is 0 Å². The molecule has 0 saturated carbocycles. The minimum atomic E-state index is -0.997. The van der Waals surface area contributed by atoms with E-state index in [1.807, 2.05) is 54.6 Å². The lowest BCUT2D eigenvalue weighted by atomic mass is 9.93. The molecule has 1 atom stereocenters. The number of aryl methyl sites for hydroxylation is 1. The Labute approximate surface area is 141 Å². The number of carbonyl (C=O) groups excluding carboxylic acids is 1. The number of alkyl halides is 1. The normalized spacial score (nSPS) is 11.9. The highest BCUT2D eigenvalue weighted by atomic mass is 35.5. The zero-order valence-corrected chi connectivity index (χ0v) is 13.7. The highest BCUT2D eigenvalue weighted by Gasteiger charge is 2.11. The quantitative estimate of drug-likeness (QED) is 0.664. The lowest BCUT2D eigenvalue weighted by Crippen LogP contribution is -2.33. The van der Waals surface area contributed by atoms with Gasteiger partial charge in [0.2, 0.25) is 0 Å². The monoisotopic (exact) mass is 331 g/mol. The van der Waals surface area contributed by atoms with E-state index in [9.17, 15) is 9.90 Å². The maximum atomic E-state index is 11.4. The van der Waals surface area contributed by atoms with Crippen LogP contribution in [0.4, 0.5) is 0 Å². The van der Waals surface area contributed by atoms with Crippen molar-refractivity contribution in [3.8, 4) is 5.75 Å². The number of hydrogen-bond donors (Lipinski definition) is 0. The molecule has 0 saturated heterocycles. The SMILES string of the molecule is O=C([O-])C(CCc1ccccc1)Cc1ccc(OCCCl)cc1. The second-order valence-corrected chi connectivity index (χ2v) is 5.80. The molecule has 23 heavy (non-hydrogen) atoms. The van der Waals surface area contributed by atoms with E-state index in [-0.39, 0.29) is 0 Å². The van der Waals surface area contributed by atoms with Gasteiger partial charge >= 0.3 is 0 Å². The predicted molar refractivity (Wildman–Crippen MR) is 89.6 cm³/mol. The summed E-state index contributed by atoms with van der Waals surface area (Å²) in [6.45, 7) is 0.458. The van der Waals surface area contributed by atoms with Crippen molar-refractivity contribution in [2.45, 2.75) is 19.3 Å². The van der Waals surface area contributed by atoms with Crippen LogP contribution in [0.5, 0.6) is 5.75 Å². The number of carboxylic acid groups (broad SMARTS) is 1. The van der Waals surface area contributed by atoms with Crippen molar-refractivity contribution in [3.05, 3.63) is 65.7 Å². The summed E-state index contributed by atoms with van der Waals surface area (Å²) in [6, 6.07) is 17.4. The third-order valence-corrected chi connectivity index (χ3v) is 3.86. The first-order chi connectivity index (χ1) is 11.2. The zero-order valence-electron chi connectivity index (χ0n) is 12.9. The van der Waals surface area contributed by atoms with E-state index in [2.05, 4.69) is 0 Å². The van der Waals surface area contributed by atoms with E-state index in [1.165, 1.54) is 0 Å². The maximum absolute atomic E-state index is 11.4. The van der Waals surface area contributed by atoms with E-state index >= 15 is 0 Å². The average molecular weight is 332 g/mol. The number of rotatable bonds is 9. The van der Waals surface area contributed by atoms with Crippen LogP contribution >= 0.6 is 11.6 Å². The molecule has 3 nitrogen and oxygen atoms in total. The number of benzene rings is 2. The first-order valence-corrected chi connectivity index (χ1v) is 8.25. The summed E-state index contributed by atoms with van der Waals surface area (Å²) in [4.78, 5) is 11.4. The molecule has 0 fully saturated rings. The third-order valence-electron chi connectivity index (χ3n) is 3.71. The van der Waals surface area contributed by atoms with Crippen LogP contribution in [0.3, 0.4) is 0 Å². The van der Waals surface area contributed by atoms with Crippen LogP contribution in [0.25, 0.3) is 0 Å². The van der Waals surface area contributed by atoms with Crippen molar-refractivity contribution in [1.29, 1.82) is 0 Å². The molecule has 0 N–H and O–H groups in total. The zero-order chi connectivity index (χ0) is 16.5. The second-order valence-electron chi connectivity index (χ2n) is 5.43. The molecule has 0 aliphatic carbocycles. The summed E-state index contributed by atoms with van der Waals surface area (Å²) in [5.74, 6) is -0.314. The van der Waals surface area contributed by atoms with E-state index in [4.69, 9.17) is 16.3 Å². The van der Waals surface area contributed by atoms with Crippen molar-refractivity contribution in [2.24, 2.45) is 5.92 Å². The molecule has 122 valence electrons. The van der Waals surface area contributed by atoms with Crippen molar-refractivity contribution in [1.82, 2.24) is 0 Å². The molecule has 0 aliphatic rings. The number of hydrogen-bond acceptors (Lipinski definition) is 3. The molecule has 1 unspecified atom stereocenters. The molecular weight excluding hydrogens is 312 g/mol. The highest BCUT2D eigenvalue weighted by Crippen LogP contribution is 2.18. The number of carboxylic acids is 1. The van der Waals surface area contributed by atoms with Gasteiger partial charge in [0.25, 0.3) is 0 Å². The summed E-state index contributed by atoms with van der Waals surface area (Å²) < 4.78 is 5.41. The smallest absolute Gasteiger partial charge is 0.119 e. The Morgan fingerprint density at radius 3 is 2.35 bits per heavy atom. The molecule has 0 bridgehead atoms. The predicted octanol–water partition coefficient (Wildman–Crippen LogP) is 2.85. The number of aliphatic carboxylic acids is 1. The molecule has 2 aromatic carbocycles. The molecule has 2 aromatic rings. The van der Waals surface area contributed by atoms with Gasteiger partial charge in [-0.2, -0.15) is 0 Å². The lowest BCUT2D eigenvalue weighted by Gasteiger charge is -2.18. The maximum Gasteiger partial charge on any atom is 0.119 e. The van der Waals surface area contributed by atoms with E-state index in [0.717, 1.165) is 23.3 Å².